The maximum Gasteiger partial charge on any atom is 0.272 e. The van der Waals surface area contributed by atoms with Crippen molar-refractivity contribution in [1.29, 1.82) is 0 Å². The summed E-state index contributed by atoms with van der Waals surface area (Å²) >= 11 is 9.16. The van der Waals surface area contributed by atoms with Crippen molar-refractivity contribution in [3.8, 4) is 0 Å². The predicted molar refractivity (Wildman–Crippen MR) is 77.5 cm³/mol. The number of carbonyl (C=O) groups is 1. The number of carbonyl (C=O) groups excluding carboxylic acids is 1. The summed E-state index contributed by atoms with van der Waals surface area (Å²) in [5.41, 5.74) is 0.664. The van der Waals surface area contributed by atoms with Gasteiger partial charge in [0.2, 0.25) is 0 Å². The second kappa shape index (κ2) is 6.37. The molecule has 0 aliphatic heterocycles. The molecule has 1 aromatic carbocycles. The first-order chi connectivity index (χ1) is 9.47. The number of rotatable bonds is 4. The number of nitrogens with zero attached hydrogens (tertiary/aromatic N) is 1. The number of anilines is 1. The molecule has 0 aliphatic carbocycles. The number of hydrogen-bond acceptors (Lipinski definition) is 1. The molecular formula is C13H10BrClF2N2O. The lowest BCUT2D eigenvalue weighted by Gasteiger charge is -2.10. The Hall–Kier alpha value is -1.40. The van der Waals surface area contributed by atoms with E-state index in [9.17, 15) is 13.6 Å². The number of hydrogen-bond donors (Lipinski definition) is 1. The van der Waals surface area contributed by atoms with Crippen LogP contribution in [0.25, 0.3) is 0 Å². The highest BCUT2D eigenvalue weighted by molar-refractivity contribution is 9.10. The van der Waals surface area contributed by atoms with E-state index in [2.05, 4.69) is 21.2 Å². The minimum atomic E-state index is -2.52. The second-order valence-corrected chi connectivity index (χ2v) is 5.28. The van der Waals surface area contributed by atoms with Crippen molar-refractivity contribution in [2.24, 2.45) is 0 Å². The number of amides is 1. The van der Waals surface area contributed by atoms with Gasteiger partial charge < -0.3 is 9.88 Å². The third-order valence-corrected chi connectivity index (χ3v) is 3.81. The Balaban J connectivity index is 2.15. The molecule has 1 N–H and O–H groups in total. The molecule has 0 radical (unpaired) electrons. The first-order valence-electron chi connectivity index (χ1n) is 5.67. The quantitative estimate of drug-likeness (QED) is 0.857. The molecule has 0 fully saturated rings. The molecule has 2 rings (SSSR count). The molecule has 0 bridgehead atoms. The van der Waals surface area contributed by atoms with Crippen molar-refractivity contribution >= 4 is 39.1 Å². The van der Waals surface area contributed by atoms with Crippen molar-refractivity contribution in [3.05, 3.63) is 51.7 Å². The van der Waals surface area contributed by atoms with E-state index < -0.39 is 18.9 Å². The van der Waals surface area contributed by atoms with E-state index in [4.69, 9.17) is 11.6 Å². The number of nitrogens with one attached hydrogen (secondary N) is 1. The van der Waals surface area contributed by atoms with Gasteiger partial charge in [0.05, 0.1) is 11.6 Å². The van der Waals surface area contributed by atoms with Crippen LogP contribution in [0.1, 0.15) is 10.5 Å². The molecule has 20 heavy (non-hydrogen) atoms. The molecule has 1 aromatic heterocycles. The lowest BCUT2D eigenvalue weighted by atomic mass is 10.3. The standard InChI is InChI=1S/C13H10BrClF2N2O/c14-9-4-3-8(6-10(9)15)18-13(20)11-2-1-5-19(11)7-12(16)17/h1-6,12H,7H2,(H,18,20). The fourth-order valence-electron chi connectivity index (χ4n) is 1.70. The van der Waals surface area contributed by atoms with Crippen LogP contribution < -0.4 is 5.32 Å². The average molecular weight is 364 g/mol. The molecule has 1 amide bonds. The largest absolute Gasteiger partial charge is 0.338 e. The average Bonchev–Trinajstić information content (AvgIpc) is 2.81. The van der Waals surface area contributed by atoms with Gasteiger partial charge >= 0.3 is 0 Å². The molecule has 0 atom stereocenters. The summed E-state index contributed by atoms with van der Waals surface area (Å²) in [5, 5.41) is 3.07. The SMILES string of the molecule is O=C(Nc1ccc(Br)c(Cl)c1)c1cccn1CC(F)F. The van der Waals surface area contributed by atoms with Gasteiger partial charge in [-0.1, -0.05) is 11.6 Å². The normalized spacial score (nSPS) is 10.8. The van der Waals surface area contributed by atoms with E-state index in [1.165, 1.54) is 16.8 Å². The number of aromatic nitrogens is 1. The van der Waals surface area contributed by atoms with Gasteiger partial charge in [0.15, 0.2) is 0 Å². The lowest BCUT2D eigenvalue weighted by Crippen LogP contribution is -2.18. The van der Waals surface area contributed by atoms with Gasteiger partial charge in [0.25, 0.3) is 12.3 Å². The van der Waals surface area contributed by atoms with Gasteiger partial charge in [-0.15, -0.1) is 0 Å². The van der Waals surface area contributed by atoms with Crippen LogP contribution in [0.2, 0.25) is 5.02 Å². The van der Waals surface area contributed by atoms with Crippen LogP contribution in [0.15, 0.2) is 41.0 Å². The molecule has 0 spiro atoms. The maximum atomic E-state index is 12.4. The molecular weight excluding hydrogens is 354 g/mol. The lowest BCUT2D eigenvalue weighted by molar-refractivity contribution is 0.0998. The Bertz CT molecular complexity index is 631. The van der Waals surface area contributed by atoms with E-state index in [1.807, 2.05) is 0 Å². The Morgan fingerprint density at radius 1 is 1.40 bits per heavy atom. The van der Waals surface area contributed by atoms with Crippen molar-refractivity contribution in [1.82, 2.24) is 4.57 Å². The third-order valence-electron chi connectivity index (χ3n) is 2.57. The molecule has 0 unspecified atom stereocenters. The summed E-state index contributed by atoms with van der Waals surface area (Å²) in [4.78, 5) is 12.0. The second-order valence-electron chi connectivity index (χ2n) is 4.02. The fourth-order valence-corrected chi connectivity index (χ4v) is 2.12. The maximum absolute atomic E-state index is 12.4. The van der Waals surface area contributed by atoms with Crippen molar-refractivity contribution < 1.29 is 13.6 Å². The van der Waals surface area contributed by atoms with Gasteiger partial charge in [-0.2, -0.15) is 0 Å². The zero-order chi connectivity index (χ0) is 14.7. The topological polar surface area (TPSA) is 34.0 Å². The number of benzene rings is 1. The van der Waals surface area contributed by atoms with Crippen LogP contribution in [0.5, 0.6) is 0 Å². The summed E-state index contributed by atoms with van der Waals surface area (Å²) < 4.78 is 26.7. The first kappa shape index (κ1) is 15.0. The van der Waals surface area contributed by atoms with Crippen LogP contribution in [-0.2, 0) is 6.54 Å². The highest BCUT2D eigenvalue weighted by Crippen LogP contribution is 2.25. The summed E-state index contributed by atoms with van der Waals surface area (Å²) in [6.07, 6.45) is -1.08. The van der Waals surface area contributed by atoms with Crippen molar-refractivity contribution in [2.45, 2.75) is 13.0 Å². The molecule has 3 nitrogen and oxygen atoms in total. The highest BCUT2D eigenvalue weighted by atomic mass is 79.9. The van der Waals surface area contributed by atoms with Gasteiger partial charge in [0, 0.05) is 16.4 Å². The molecule has 106 valence electrons. The number of halogens is 4. The Morgan fingerprint density at radius 3 is 2.80 bits per heavy atom. The van der Waals surface area contributed by atoms with Gasteiger partial charge in [-0.3, -0.25) is 4.79 Å². The Morgan fingerprint density at radius 2 is 2.15 bits per heavy atom. The predicted octanol–water partition coefficient (Wildman–Crippen LogP) is 4.42. The van der Waals surface area contributed by atoms with Crippen molar-refractivity contribution in [3.63, 3.8) is 0 Å². The summed E-state index contributed by atoms with van der Waals surface area (Å²) in [6.45, 7) is -0.517. The fraction of sp³-hybridized carbons (Fsp3) is 0.154. The van der Waals surface area contributed by atoms with Gasteiger partial charge in [0.1, 0.15) is 5.69 Å². The molecule has 0 aliphatic rings. The van der Waals surface area contributed by atoms with Crippen LogP contribution >= 0.6 is 27.5 Å². The smallest absolute Gasteiger partial charge is 0.272 e. The third kappa shape index (κ3) is 3.58. The number of alkyl halides is 2. The van der Waals surface area contributed by atoms with Crippen molar-refractivity contribution in [2.75, 3.05) is 5.32 Å². The summed E-state index contributed by atoms with van der Waals surface area (Å²) in [7, 11) is 0. The van der Waals surface area contributed by atoms with Crippen LogP contribution in [0.4, 0.5) is 14.5 Å². The Kier molecular flexibility index (Phi) is 4.77. The van der Waals surface area contributed by atoms with Gasteiger partial charge in [-0.05, 0) is 46.3 Å². The Labute approximate surface area is 127 Å². The molecule has 2 aromatic rings. The first-order valence-corrected chi connectivity index (χ1v) is 6.84. The summed E-state index contributed by atoms with van der Waals surface area (Å²) in [5.74, 6) is -0.464. The molecule has 7 heteroatoms. The van der Waals surface area contributed by atoms with E-state index in [0.29, 0.717) is 15.2 Å². The summed E-state index contributed by atoms with van der Waals surface area (Å²) in [6, 6.07) is 7.96. The van der Waals surface area contributed by atoms with Crippen LogP contribution in [-0.4, -0.2) is 16.9 Å². The zero-order valence-electron chi connectivity index (χ0n) is 10.1. The minimum Gasteiger partial charge on any atom is -0.338 e. The molecule has 0 saturated heterocycles. The van der Waals surface area contributed by atoms with E-state index in [1.54, 1.807) is 24.3 Å². The van der Waals surface area contributed by atoms with Gasteiger partial charge in [-0.25, -0.2) is 8.78 Å². The monoisotopic (exact) mass is 362 g/mol. The minimum absolute atomic E-state index is 0.171. The highest BCUT2D eigenvalue weighted by Gasteiger charge is 2.14. The molecule has 1 heterocycles. The molecule has 0 saturated carbocycles. The van der Waals surface area contributed by atoms with Crippen LogP contribution in [0, 0.1) is 0 Å². The van der Waals surface area contributed by atoms with E-state index in [0.717, 1.165) is 0 Å². The zero-order valence-corrected chi connectivity index (χ0v) is 12.5. The van der Waals surface area contributed by atoms with Crippen LogP contribution in [0.3, 0.4) is 0 Å². The van der Waals surface area contributed by atoms with E-state index in [-0.39, 0.29) is 5.69 Å². The van der Waals surface area contributed by atoms with E-state index >= 15 is 0 Å².